The molecule has 1 unspecified atom stereocenters. The Hall–Kier alpha value is -3.26. The predicted molar refractivity (Wildman–Crippen MR) is 116 cm³/mol. The fraction of sp³-hybridized carbons (Fsp3) is 0.174. The molecule has 158 valence electrons. The third-order valence-corrected chi connectivity index (χ3v) is 5.24. The van der Waals surface area contributed by atoms with Gasteiger partial charge in [0.25, 0.3) is 0 Å². The van der Waals surface area contributed by atoms with Crippen molar-refractivity contribution in [2.45, 2.75) is 19.1 Å². The van der Waals surface area contributed by atoms with E-state index in [0.29, 0.717) is 45.8 Å². The number of aromatic nitrogens is 4. The van der Waals surface area contributed by atoms with E-state index in [1.54, 1.807) is 54.5 Å². The van der Waals surface area contributed by atoms with E-state index >= 15 is 0 Å². The van der Waals surface area contributed by atoms with Crippen LogP contribution in [0.25, 0.3) is 5.95 Å². The van der Waals surface area contributed by atoms with Gasteiger partial charge in [0.05, 0.1) is 35.8 Å². The van der Waals surface area contributed by atoms with Crippen LogP contribution in [0.15, 0.2) is 67.1 Å². The Morgan fingerprint density at radius 2 is 2.00 bits per heavy atom. The molecule has 0 spiro atoms. The topological polar surface area (TPSA) is 93.3 Å². The molecule has 0 fully saturated rings. The number of aliphatic hydroxyl groups is 2. The largest absolute Gasteiger partial charge is 0.495 e. The van der Waals surface area contributed by atoms with Crippen molar-refractivity contribution in [3.8, 4) is 11.7 Å². The van der Waals surface area contributed by atoms with Crippen LogP contribution < -0.4 is 4.74 Å². The van der Waals surface area contributed by atoms with Crippen LogP contribution in [0.4, 0.5) is 0 Å². The molecule has 1 atom stereocenters. The quantitative estimate of drug-likeness (QED) is 0.460. The smallest absolute Gasteiger partial charge is 0.234 e. The van der Waals surface area contributed by atoms with Gasteiger partial charge in [0, 0.05) is 30.6 Å². The van der Waals surface area contributed by atoms with Gasteiger partial charge in [-0.2, -0.15) is 0 Å². The fourth-order valence-corrected chi connectivity index (χ4v) is 3.63. The van der Waals surface area contributed by atoms with Crippen molar-refractivity contribution in [2.75, 3.05) is 7.11 Å². The standard InChI is InChI=1S/C23H21ClN4O3/c1-31-21-8-7-15(11-18(21)24)12-20-17(22(30)19-6-2-3-9-25-19)13-26-23(27-20)28-10-4-5-16(28)14-29/h2-11,13,22,29-30H,12,14H2,1H3. The predicted octanol–water partition coefficient (Wildman–Crippen LogP) is 3.49. The number of ether oxygens (including phenoxy) is 1. The van der Waals surface area contributed by atoms with Crippen molar-refractivity contribution < 1.29 is 14.9 Å². The van der Waals surface area contributed by atoms with Gasteiger partial charge in [0.1, 0.15) is 11.9 Å². The van der Waals surface area contributed by atoms with Gasteiger partial charge in [0.15, 0.2) is 0 Å². The summed E-state index contributed by atoms with van der Waals surface area (Å²) >= 11 is 6.30. The minimum Gasteiger partial charge on any atom is -0.495 e. The van der Waals surface area contributed by atoms with Gasteiger partial charge in [0.2, 0.25) is 5.95 Å². The average molecular weight is 437 g/mol. The van der Waals surface area contributed by atoms with Crippen LogP contribution in [0.5, 0.6) is 5.75 Å². The Morgan fingerprint density at radius 3 is 2.71 bits per heavy atom. The highest BCUT2D eigenvalue weighted by Gasteiger charge is 2.20. The third kappa shape index (κ3) is 4.44. The SMILES string of the molecule is COc1ccc(Cc2nc(-n3cccc3CO)ncc2C(O)c2ccccn2)cc1Cl. The molecule has 7 nitrogen and oxygen atoms in total. The van der Waals surface area contributed by atoms with E-state index in [9.17, 15) is 10.2 Å². The van der Waals surface area contributed by atoms with Crippen molar-refractivity contribution in [2.24, 2.45) is 0 Å². The Labute approximate surface area is 184 Å². The summed E-state index contributed by atoms with van der Waals surface area (Å²) in [6.07, 6.45) is 4.44. The summed E-state index contributed by atoms with van der Waals surface area (Å²) in [4.78, 5) is 13.4. The maximum absolute atomic E-state index is 11.0. The van der Waals surface area contributed by atoms with Crippen molar-refractivity contribution in [1.29, 1.82) is 0 Å². The first-order chi connectivity index (χ1) is 15.1. The minimum absolute atomic E-state index is 0.141. The molecule has 1 aromatic carbocycles. The number of rotatable bonds is 7. The Balaban J connectivity index is 1.78. The highest BCUT2D eigenvalue weighted by atomic mass is 35.5. The Bertz CT molecular complexity index is 1180. The highest BCUT2D eigenvalue weighted by Crippen LogP contribution is 2.28. The maximum atomic E-state index is 11.0. The molecule has 0 amide bonds. The lowest BCUT2D eigenvalue weighted by atomic mass is 10.0. The number of pyridine rings is 1. The van der Waals surface area contributed by atoms with E-state index in [2.05, 4.69) is 9.97 Å². The zero-order chi connectivity index (χ0) is 21.8. The molecule has 0 saturated carbocycles. The van der Waals surface area contributed by atoms with E-state index in [4.69, 9.17) is 21.3 Å². The van der Waals surface area contributed by atoms with Crippen LogP contribution in [0, 0.1) is 0 Å². The van der Waals surface area contributed by atoms with Crippen LogP contribution in [0.2, 0.25) is 5.02 Å². The van der Waals surface area contributed by atoms with Gasteiger partial charge >= 0.3 is 0 Å². The average Bonchev–Trinajstić information content (AvgIpc) is 3.28. The molecule has 4 rings (SSSR count). The Morgan fingerprint density at radius 1 is 1.13 bits per heavy atom. The Kier molecular flexibility index (Phi) is 6.27. The molecule has 3 aromatic heterocycles. The zero-order valence-electron chi connectivity index (χ0n) is 16.8. The van der Waals surface area contributed by atoms with Gasteiger partial charge in [-0.05, 0) is 42.0 Å². The number of nitrogens with zero attached hydrogens (tertiary/aromatic N) is 4. The summed E-state index contributed by atoms with van der Waals surface area (Å²) in [6, 6.07) is 14.5. The van der Waals surface area contributed by atoms with E-state index in [1.165, 1.54) is 0 Å². The lowest BCUT2D eigenvalue weighted by molar-refractivity contribution is 0.213. The number of hydrogen-bond acceptors (Lipinski definition) is 6. The molecule has 0 aliphatic rings. The summed E-state index contributed by atoms with van der Waals surface area (Å²) in [7, 11) is 1.56. The third-order valence-electron chi connectivity index (χ3n) is 4.95. The van der Waals surface area contributed by atoms with Crippen LogP contribution in [-0.2, 0) is 13.0 Å². The fourth-order valence-electron chi connectivity index (χ4n) is 3.35. The van der Waals surface area contributed by atoms with Gasteiger partial charge in [-0.15, -0.1) is 0 Å². The summed E-state index contributed by atoms with van der Waals surface area (Å²) in [6.45, 7) is -0.141. The number of hydrogen-bond donors (Lipinski definition) is 2. The summed E-state index contributed by atoms with van der Waals surface area (Å²) in [5, 5.41) is 21.1. The van der Waals surface area contributed by atoms with Crippen LogP contribution in [-0.4, -0.2) is 36.8 Å². The lowest BCUT2D eigenvalue weighted by Gasteiger charge is -2.16. The van der Waals surface area contributed by atoms with Gasteiger partial charge < -0.3 is 14.9 Å². The molecule has 4 aromatic rings. The molecule has 8 heteroatoms. The molecule has 0 bridgehead atoms. The van der Waals surface area contributed by atoms with Crippen LogP contribution >= 0.6 is 11.6 Å². The summed E-state index contributed by atoms with van der Waals surface area (Å²) < 4.78 is 6.94. The zero-order valence-corrected chi connectivity index (χ0v) is 17.6. The molecule has 3 heterocycles. The van der Waals surface area contributed by atoms with Crippen molar-refractivity contribution in [3.63, 3.8) is 0 Å². The number of aliphatic hydroxyl groups excluding tert-OH is 2. The van der Waals surface area contributed by atoms with Gasteiger partial charge in [-0.1, -0.05) is 23.7 Å². The second-order valence-corrected chi connectivity index (χ2v) is 7.31. The molecule has 0 aliphatic carbocycles. The van der Waals surface area contributed by atoms with E-state index in [1.807, 2.05) is 24.3 Å². The molecule has 0 radical (unpaired) electrons. The lowest BCUT2D eigenvalue weighted by Crippen LogP contribution is -2.13. The normalized spacial score (nSPS) is 12.0. The van der Waals surface area contributed by atoms with Crippen molar-refractivity contribution in [3.05, 3.63) is 100 Å². The minimum atomic E-state index is -0.985. The first kappa shape index (κ1) is 21.0. The summed E-state index contributed by atoms with van der Waals surface area (Å²) in [5.41, 5.74) is 3.25. The van der Waals surface area contributed by atoms with Crippen LogP contribution in [0.3, 0.4) is 0 Å². The van der Waals surface area contributed by atoms with Crippen molar-refractivity contribution >= 4 is 11.6 Å². The monoisotopic (exact) mass is 436 g/mol. The second kappa shape index (κ2) is 9.26. The van der Waals surface area contributed by atoms with E-state index < -0.39 is 6.10 Å². The number of methoxy groups -OCH3 is 1. The van der Waals surface area contributed by atoms with Gasteiger partial charge in [-0.25, -0.2) is 9.97 Å². The first-order valence-corrected chi connectivity index (χ1v) is 10.0. The van der Waals surface area contributed by atoms with Gasteiger partial charge in [-0.3, -0.25) is 9.55 Å². The maximum Gasteiger partial charge on any atom is 0.234 e. The highest BCUT2D eigenvalue weighted by molar-refractivity contribution is 6.32. The number of benzene rings is 1. The molecular formula is C23H21ClN4O3. The van der Waals surface area contributed by atoms with E-state index in [-0.39, 0.29) is 6.61 Å². The molecular weight excluding hydrogens is 416 g/mol. The number of halogens is 1. The molecule has 31 heavy (non-hydrogen) atoms. The van der Waals surface area contributed by atoms with E-state index in [0.717, 1.165) is 5.56 Å². The second-order valence-electron chi connectivity index (χ2n) is 6.90. The van der Waals surface area contributed by atoms with Crippen molar-refractivity contribution in [1.82, 2.24) is 19.5 Å². The molecule has 0 aliphatic heterocycles. The first-order valence-electron chi connectivity index (χ1n) is 9.65. The van der Waals surface area contributed by atoms with Crippen LogP contribution in [0.1, 0.15) is 34.3 Å². The molecule has 0 saturated heterocycles. The molecule has 2 N–H and O–H groups in total. The summed E-state index contributed by atoms with van der Waals surface area (Å²) in [5.74, 6) is 0.989.